The number of hydrogen-bond donors (Lipinski definition) is 0. The van der Waals surface area contributed by atoms with E-state index in [1.54, 1.807) is 25.8 Å². The normalized spacial score (nSPS) is 24.1. The van der Waals surface area contributed by atoms with Gasteiger partial charge in [0, 0.05) is 19.8 Å². The number of allylic oxidation sites excluding steroid dienone is 4. The number of fused-ring (bicyclic) bond motifs is 2. The zero-order valence-corrected chi connectivity index (χ0v) is 37.9. The van der Waals surface area contributed by atoms with Crippen LogP contribution in [0, 0.1) is 10.8 Å². The van der Waals surface area contributed by atoms with Crippen molar-refractivity contribution in [2.75, 3.05) is 53.9 Å². The van der Waals surface area contributed by atoms with Gasteiger partial charge in [0.25, 0.3) is 0 Å². The molecule has 7 rings (SSSR count). The number of hydrogen-bond acceptors (Lipinski definition) is 12. The van der Waals surface area contributed by atoms with Gasteiger partial charge in [0.2, 0.25) is 0 Å². The molecule has 14 nitrogen and oxygen atoms in total. The van der Waals surface area contributed by atoms with Crippen molar-refractivity contribution in [3.63, 3.8) is 0 Å². The minimum Gasteiger partial charge on any atom is -0.461 e. The van der Waals surface area contributed by atoms with Gasteiger partial charge in [-0.25, -0.2) is 9.59 Å². The second kappa shape index (κ2) is 20.8. The maximum absolute atomic E-state index is 12.4. The summed E-state index contributed by atoms with van der Waals surface area (Å²) in [6.45, 7) is 22.4. The van der Waals surface area contributed by atoms with Crippen LogP contribution in [0.3, 0.4) is 0 Å². The zero-order chi connectivity index (χ0) is 42.3. The predicted molar refractivity (Wildman–Crippen MR) is 230 cm³/mol. The highest BCUT2D eigenvalue weighted by Crippen LogP contribution is 2.43. The molecule has 2 aromatic heterocycles. The summed E-state index contributed by atoms with van der Waals surface area (Å²) in [6, 6.07) is 0. The molecule has 16 heteroatoms. The molecule has 59 heavy (non-hydrogen) atoms. The molecule has 5 aliphatic rings. The molecule has 0 spiro atoms. The fraction of sp³-hybridized carbons (Fsp3) is 0.721. The highest BCUT2D eigenvalue weighted by molar-refractivity contribution is 9.10. The smallest absolute Gasteiger partial charge is 0.461 e. The number of esters is 2. The standard InChI is InChI=1S/C18H26N2O4.C15H27BO3.C9H11BrN2O3.CH4/c1-4-24-17(21)16-15(14-11-23-10-9-20(14)19-16)13-5-7-18(2,8-6-13)12-22-3;1-13(2)14(3,4)19-16(18-13)12-7-9-15(5,10-8-12)11-17-6;1-2-15-9(13)8-7(10)6-5-14-4-3-12(6)11-8;/h5H,4,6-12H2,1-3H3;7H,8-11H2,1-6H3;2-5H2,1H3;1H4. The van der Waals surface area contributed by atoms with Gasteiger partial charge in [-0.1, -0.05) is 33.4 Å². The summed E-state index contributed by atoms with van der Waals surface area (Å²) in [7, 11) is 3.35. The Labute approximate surface area is 360 Å². The van der Waals surface area contributed by atoms with E-state index in [9.17, 15) is 9.59 Å². The summed E-state index contributed by atoms with van der Waals surface area (Å²) in [5, 5.41) is 8.70. The lowest BCUT2D eigenvalue weighted by Gasteiger charge is -2.32. The largest absolute Gasteiger partial charge is 0.490 e. The van der Waals surface area contributed by atoms with Crippen molar-refractivity contribution in [2.45, 2.75) is 139 Å². The van der Waals surface area contributed by atoms with Gasteiger partial charge in [-0.2, -0.15) is 10.2 Å². The van der Waals surface area contributed by atoms with Crippen molar-refractivity contribution in [2.24, 2.45) is 10.8 Å². The number of carbonyl (C=O) groups is 2. The van der Waals surface area contributed by atoms with Crippen molar-refractivity contribution < 1.29 is 47.3 Å². The highest BCUT2D eigenvalue weighted by atomic mass is 79.9. The van der Waals surface area contributed by atoms with Gasteiger partial charge in [-0.15, -0.1) is 0 Å². The quantitative estimate of drug-likeness (QED) is 0.168. The average Bonchev–Trinajstić information content (AvgIpc) is 3.81. The summed E-state index contributed by atoms with van der Waals surface area (Å²) in [5.74, 6) is -0.744. The van der Waals surface area contributed by atoms with Crippen LogP contribution in [0.2, 0.25) is 0 Å². The van der Waals surface area contributed by atoms with Crippen LogP contribution in [-0.4, -0.2) is 104 Å². The van der Waals surface area contributed by atoms with Gasteiger partial charge in [-0.3, -0.25) is 9.36 Å². The molecule has 330 valence electrons. The number of ether oxygens (including phenoxy) is 6. The molecule has 1 saturated heterocycles. The summed E-state index contributed by atoms with van der Waals surface area (Å²) in [5.41, 5.74) is 5.98. The molecule has 2 aliphatic carbocycles. The SMILES string of the molecule is C.CCOC(=O)c1nn2c(c1Br)COCC2.CCOC(=O)c1nn2c(c1C1=CCC(C)(COC)CC1)COCC2.COCC1(C)CC=C(B2OC(C)(C)C(C)(C)O2)CC1. The Kier molecular flexibility index (Phi) is 17.2. The first kappa shape index (κ1) is 48.8. The van der Waals surface area contributed by atoms with Crippen molar-refractivity contribution >= 4 is 40.6 Å². The Bertz CT molecular complexity index is 1810. The van der Waals surface area contributed by atoms with Gasteiger partial charge >= 0.3 is 19.1 Å². The van der Waals surface area contributed by atoms with E-state index in [-0.39, 0.29) is 42.5 Å². The molecule has 1 fully saturated rings. The molecule has 5 heterocycles. The van der Waals surface area contributed by atoms with Crippen molar-refractivity contribution in [3.8, 4) is 0 Å². The van der Waals surface area contributed by atoms with Crippen LogP contribution in [0.1, 0.15) is 139 Å². The average molecular weight is 892 g/mol. The minimum absolute atomic E-state index is 0. The lowest BCUT2D eigenvalue weighted by atomic mass is 9.66. The van der Waals surface area contributed by atoms with Gasteiger partial charge < -0.3 is 37.7 Å². The van der Waals surface area contributed by atoms with E-state index in [1.807, 2.05) is 11.6 Å². The number of rotatable bonds is 10. The Morgan fingerprint density at radius 3 is 1.73 bits per heavy atom. The third-order valence-corrected chi connectivity index (χ3v) is 12.8. The van der Waals surface area contributed by atoms with Gasteiger partial charge in [-0.05, 0) is 118 Å². The Hall–Kier alpha value is -2.86. The number of carbonyl (C=O) groups excluding carboxylic acids is 2. The molecule has 0 N–H and O–H groups in total. The zero-order valence-electron chi connectivity index (χ0n) is 36.3. The summed E-state index contributed by atoms with van der Waals surface area (Å²) >= 11 is 3.34. The number of nitrogens with zero attached hydrogens (tertiary/aromatic N) is 4. The topological polar surface area (TPSA) is 144 Å². The van der Waals surface area contributed by atoms with Crippen LogP contribution in [0.25, 0.3) is 5.57 Å². The van der Waals surface area contributed by atoms with Crippen LogP contribution < -0.4 is 0 Å². The first-order valence-corrected chi connectivity index (χ1v) is 21.4. The summed E-state index contributed by atoms with van der Waals surface area (Å²) in [4.78, 5) is 23.9. The third-order valence-electron chi connectivity index (χ3n) is 11.9. The molecule has 2 atom stereocenters. The van der Waals surface area contributed by atoms with E-state index < -0.39 is 5.97 Å². The van der Waals surface area contributed by atoms with Gasteiger partial charge in [0.1, 0.15) is 0 Å². The van der Waals surface area contributed by atoms with Crippen molar-refractivity contribution in [3.05, 3.63) is 50.4 Å². The molecular weight excluding hydrogens is 823 g/mol. The summed E-state index contributed by atoms with van der Waals surface area (Å²) < 4.78 is 48.3. The second-order valence-electron chi connectivity index (χ2n) is 17.3. The molecule has 0 aromatic carbocycles. The maximum atomic E-state index is 12.4. The van der Waals surface area contributed by atoms with E-state index in [4.69, 9.17) is 37.7 Å². The fourth-order valence-corrected chi connectivity index (χ4v) is 8.27. The van der Waals surface area contributed by atoms with Crippen molar-refractivity contribution in [1.29, 1.82) is 0 Å². The van der Waals surface area contributed by atoms with E-state index in [2.05, 4.69) is 79.8 Å². The molecule has 0 amide bonds. The molecule has 2 aromatic rings. The van der Waals surface area contributed by atoms with Crippen LogP contribution in [-0.2, 0) is 64.0 Å². The van der Waals surface area contributed by atoms with Crippen LogP contribution in [0.4, 0.5) is 0 Å². The van der Waals surface area contributed by atoms with Crippen molar-refractivity contribution in [1.82, 2.24) is 19.6 Å². The molecular formula is C43H68BBrN4O10. The summed E-state index contributed by atoms with van der Waals surface area (Å²) in [6.07, 6.45) is 10.6. The number of aromatic nitrogens is 4. The Morgan fingerprint density at radius 1 is 0.763 bits per heavy atom. The van der Waals surface area contributed by atoms with E-state index in [1.165, 1.54) is 11.0 Å². The molecule has 0 bridgehead atoms. The third kappa shape index (κ3) is 11.5. The molecule has 0 radical (unpaired) electrons. The predicted octanol–water partition coefficient (Wildman–Crippen LogP) is 8.18. The second-order valence-corrected chi connectivity index (χ2v) is 18.1. The lowest BCUT2D eigenvalue weighted by Crippen LogP contribution is -2.41. The maximum Gasteiger partial charge on any atom is 0.490 e. The Morgan fingerprint density at radius 2 is 1.25 bits per heavy atom. The van der Waals surface area contributed by atoms with Crippen LogP contribution in [0.5, 0.6) is 0 Å². The van der Waals surface area contributed by atoms with Gasteiger partial charge in [0.15, 0.2) is 11.4 Å². The number of methoxy groups -OCH3 is 2. The lowest BCUT2D eigenvalue weighted by molar-refractivity contribution is 0.00578. The Balaban J connectivity index is 0.000000199. The monoisotopic (exact) mass is 890 g/mol. The highest BCUT2D eigenvalue weighted by Gasteiger charge is 2.52. The van der Waals surface area contributed by atoms with E-state index in [0.717, 1.165) is 68.7 Å². The number of halogens is 1. The van der Waals surface area contributed by atoms with E-state index in [0.29, 0.717) is 68.6 Å². The molecule has 3 aliphatic heterocycles. The molecule has 2 unspecified atom stereocenters. The van der Waals surface area contributed by atoms with Crippen LogP contribution >= 0.6 is 15.9 Å². The first-order valence-electron chi connectivity index (χ1n) is 20.6. The van der Waals surface area contributed by atoms with E-state index >= 15 is 0 Å². The first-order chi connectivity index (χ1) is 27.5. The minimum atomic E-state index is -0.397. The fourth-order valence-electron chi connectivity index (χ4n) is 7.71. The van der Waals surface area contributed by atoms with Gasteiger partial charge in [0.05, 0.1) is 93.0 Å². The molecule has 0 saturated carbocycles. The van der Waals surface area contributed by atoms with Crippen LogP contribution in [0.15, 0.2) is 22.1 Å².